The molecule has 0 saturated carbocycles. The zero-order valence-corrected chi connectivity index (χ0v) is 33.9. The van der Waals surface area contributed by atoms with E-state index in [1.807, 2.05) is 0 Å². The predicted octanol–water partition coefficient (Wildman–Crippen LogP) is 11.1. The molecule has 0 atom stereocenters. The molecule has 0 saturated heterocycles. The van der Waals surface area contributed by atoms with Gasteiger partial charge in [0.05, 0.1) is 31.8 Å². The van der Waals surface area contributed by atoms with Gasteiger partial charge in [0.1, 0.15) is 0 Å². The van der Waals surface area contributed by atoms with Crippen LogP contribution in [-0.2, 0) is 20.4 Å². The maximum Gasteiger partial charge on any atom is 0.200 e. The Morgan fingerprint density at radius 1 is 0.116 bits per heavy atom. The minimum absolute atomic E-state index is 0. The second-order valence-electron chi connectivity index (χ2n) is 12.2. The Bertz CT molecular complexity index is 2450. The first-order chi connectivity index (χ1) is 31.3. The van der Waals surface area contributed by atoms with Crippen LogP contribution in [0.25, 0.3) is 0 Å². The molecule has 0 radical (unpaired) electrons. The molecule has 33 heteroatoms. The van der Waals surface area contributed by atoms with Gasteiger partial charge < -0.3 is 0 Å². The fourth-order valence-corrected chi connectivity index (χ4v) is 10.3. The van der Waals surface area contributed by atoms with Crippen molar-refractivity contribution in [3.8, 4) is 0 Å². The predicted molar refractivity (Wildman–Crippen MR) is 169 cm³/mol. The molecule has 6 aromatic rings. The summed E-state index contributed by atoms with van der Waals surface area (Å²) in [5.74, 6) is -89.8. The molecule has 0 N–H and O–H groups in total. The van der Waals surface area contributed by atoms with Crippen molar-refractivity contribution in [1.29, 1.82) is 0 Å². The zero-order chi connectivity index (χ0) is 51.9. The molecule has 0 heterocycles. The molecule has 0 unspecified atom stereocenters. The quantitative estimate of drug-likeness (QED) is 0.0513. The number of rotatable bonds is 6. The summed E-state index contributed by atoms with van der Waals surface area (Å²) < 4.78 is 417. The van der Waals surface area contributed by atoms with Crippen LogP contribution in [0.3, 0.4) is 0 Å². The Kier molecular flexibility index (Phi) is 16.5. The minimum atomic E-state index is -4.90. The molecule has 0 spiro atoms. The van der Waals surface area contributed by atoms with Crippen LogP contribution in [0.1, 0.15) is 0 Å². The summed E-state index contributed by atoms with van der Waals surface area (Å²) >= 11 is 0. The monoisotopic (exact) mass is 1170 g/mol. The van der Waals surface area contributed by atoms with E-state index in [0.29, 0.717) is 0 Å². The van der Waals surface area contributed by atoms with Gasteiger partial charge in [-0.3, -0.25) is 0 Å². The third kappa shape index (κ3) is 8.74. The van der Waals surface area contributed by atoms with Crippen LogP contribution in [0.5, 0.6) is 0 Å². The van der Waals surface area contributed by atoms with Crippen molar-refractivity contribution in [2.24, 2.45) is 0 Å². The van der Waals surface area contributed by atoms with E-state index in [1.54, 1.807) is 0 Å². The van der Waals surface area contributed by atoms with Gasteiger partial charge in [-0.2, -0.15) is 0 Å². The smallest absolute Gasteiger partial charge is 0.200 e. The van der Waals surface area contributed by atoms with E-state index in [9.17, 15) is 132 Å². The van der Waals surface area contributed by atoms with Crippen molar-refractivity contribution < 1.29 is 152 Å². The Hall–Kier alpha value is -5.26. The molecule has 69 heavy (non-hydrogen) atoms. The molecular weight excluding hydrogens is 1170 g/mol. The molecule has 0 aliphatic carbocycles. The van der Waals surface area contributed by atoms with Crippen molar-refractivity contribution in [2.45, 2.75) is 0 Å². The van der Waals surface area contributed by atoms with Crippen molar-refractivity contribution in [3.05, 3.63) is 175 Å². The number of hydrogen-bond acceptors (Lipinski definition) is 0. The summed E-state index contributed by atoms with van der Waals surface area (Å²) in [5, 5.41) is -15.7. The Morgan fingerprint density at radius 2 is 0.174 bits per heavy atom. The van der Waals surface area contributed by atoms with Crippen molar-refractivity contribution >= 4 is 47.7 Å². The van der Waals surface area contributed by atoms with Gasteiger partial charge in [0.2, 0.25) is 34.9 Å². The first-order valence-corrected chi connectivity index (χ1v) is 18.7. The van der Waals surface area contributed by atoms with Crippen LogP contribution in [0.4, 0.5) is 132 Å². The second kappa shape index (κ2) is 20.2. The van der Waals surface area contributed by atoms with Crippen molar-refractivity contribution in [1.82, 2.24) is 0 Å². The SMILES string of the molecule is Fc1c(F)c(F)c(P(c2c(F)c(F)c(F)c(F)c2F)c2c(F)c(F)c(F)c(F)c2F)c(F)c1F.Fc1c(F)c(F)c(P(c2c(F)c(F)c(F)c(F)c2F)c2c(F)c(F)c(F)c(F)c2F)c(F)c1F.[Pd]. The molecule has 6 aromatic carbocycles. The molecule has 374 valence electrons. The molecule has 0 aromatic heterocycles. The van der Waals surface area contributed by atoms with Crippen LogP contribution in [0.2, 0.25) is 0 Å². The normalized spacial score (nSPS) is 11.5. The third-order valence-corrected chi connectivity index (χ3v) is 13.5. The Balaban J connectivity index is 0.000000296. The van der Waals surface area contributed by atoms with Gasteiger partial charge in [-0.05, 0) is 0 Å². The molecule has 6 rings (SSSR count). The Morgan fingerprint density at radius 3 is 0.246 bits per heavy atom. The minimum Gasteiger partial charge on any atom is -0.203 e. The van der Waals surface area contributed by atoms with Gasteiger partial charge in [0, 0.05) is 36.3 Å². The largest absolute Gasteiger partial charge is 0.203 e. The summed E-state index contributed by atoms with van der Waals surface area (Å²) in [5.41, 5.74) is 0. The average molecular weight is 1170 g/mol. The third-order valence-electron chi connectivity index (χ3n) is 8.46. The van der Waals surface area contributed by atoms with Gasteiger partial charge in [0.25, 0.3) is 0 Å². The topological polar surface area (TPSA) is 0 Å². The Labute approximate surface area is 373 Å². The summed E-state index contributed by atoms with van der Waals surface area (Å²) in [6.45, 7) is 0. The average Bonchev–Trinajstić information content (AvgIpc) is 3.31. The summed E-state index contributed by atoms with van der Waals surface area (Å²) in [7, 11) is -9.79. The maximum atomic E-state index is 14.4. The fourth-order valence-electron chi connectivity index (χ4n) is 5.41. The summed E-state index contributed by atoms with van der Waals surface area (Å²) in [4.78, 5) is 0. The van der Waals surface area contributed by atoms with E-state index >= 15 is 0 Å². The van der Waals surface area contributed by atoms with Crippen molar-refractivity contribution in [3.63, 3.8) is 0 Å². The van der Waals surface area contributed by atoms with E-state index in [4.69, 9.17) is 0 Å². The number of hydrogen-bond donors (Lipinski definition) is 0. The fraction of sp³-hybridized carbons (Fsp3) is 0. The zero-order valence-electron chi connectivity index (χ0n) is 30.5. The molecule has 0 bridgehead atoms. The first kappa shape index (κ1) is 56.3. The van der Waals surface area contributed by atoms with Crippen molar-refractivity contribution in [2.75, 3.05) is 0 Å². The molecule has 0 amide bonds. The van der Waals surface area contributed by atoms with Crippen LogP contribution >= 0.6 is 15.8 Å². The van der Waals surface area contributed by atoms with Crippen LogP contribution < -0.4 is 31.8 Å². The molecular formula is C36F30P2Pd. The van der Waals surface area contributed by atoms with E-state index in [-0.39, 0.29) is 20.4 Å². The number of halogens is 30. The van der Waals surface area contributed by atoms with Gasteiger partial charge in [-0.1, -0.05) is 0 Å². The standard InChI is InChI=1S/2C18F15P.Pd/c2*19-1-4(22)10(28)16(11(29)5(1)23)34(17-12(30)6(24)2(20)7(25)13(17)31)18-14(32)8(26)3(21)9(27)15(18)33;. The van der Waals surface area contributed by atoms with Crippen LogP contribution in [0.15, 0.2) is 0 Å². The van der Waals surface area contributed by atoms with E-state index in [2.05, 4.69) is 0 Å². The van der Waals surface area contributed by atoms with E-state index in [1.165, 1.54) is 0 Å². The molecule has 0 fully saturated rings. The van der Waals surface area contributed by atoms with Gasteiger partial charge in [0.15, 0.2) is 140 Å². The molecule has 0 aliphatic rings. The molecule has 0 aliphatic heterocycles. The summed E-state index contributed by atoms with van der Waals surface area (Å²) in [6, 6.07) is 0. The van der Waals surface area contributed by atoms with Crippen LogP contribution in [0, 0.1) is 175 Å². The second-order valence-corrected chi connectivity index (χ2v) is 16.2. The van der Waals surface area contributed by atoms with Gasteiger partial charge >= 0.3 is 0 Å². The summed E-state index contributed by atoms with van der Waals surface area (Å²) in [6.07, 6.45) is 0. The maximum absolute atomic E-state index is 14.4. The van der Waals surface area contributed by atoms with E-state index in [0.717, 1.165) is 0 Å². The van der Waals surface area contributed by atoms with Crippen LogP contribution in [-0.4, -0.2) is 0 Å². The van der Waals surface area contributed by atoms with E-state index < -0.39 is 222 Å². The first-order valence-electron chi connectivity index (χ1n) is 16.0. The van der Waals surface area contributed by atoms with Gasteiger partial charge in [-0.15, -0.1) is 0 Å². The number of benzene rings is 6. The van der Waals surface area contributed by atoms with Gasteiger partial charge in [-0.25, -0.2) is 132 Å². The molecule has 0 nitrogen and oxygen atoms in total.